The van der Waals surface area contributed by atoms with Gasteiger partial charge in [-0.05, 0) is 171 Å². The van der Waals surface area contributed by atoms with E-state index in [1.165, 1.54) is 136 Å². The van der Waals surface area contributed by atoms with Crippen LogP contribution in [-0.4, -0.2) is 62.7 Å². The Morgan fingerprint density at radius 1 is 0.396 bits per heavy atom. The molecule has 4 atom stereocenters. The third kappa shape index (κ3) is 12.8. The van der Waals surface area contributed by atoms with Gasteiger partial charge in [0.25, 0.3) is 23.6 Å². The molecule has 10 aromatic rings. The van der Waals surface area contributed by atoms with Crippen LogP contribution in [0, 0.1) is 39.5 Å². The average molecular weight is 1460 g/mol. The Balaban J connectivity index is 0.000000174. The van der Waals surface area contributed by atoms with E-state index in [0.29, 0.717) is 47.2 Å². The zero-order chi connectivity index (χ0) is 67.0. The second kappa shape index (κ2) is 29.9. The molecule has 16 heteroatoms. The van der Waals surface area contributed by atoms with Gasteiger partial charge < -0.3 is 0 Å². The highest BCUT2D eigenvalue weighted by molar-refractivity contribution is 7.40. The second-order valence-electron chi connectivity index (χ2n) is 27.2. The number of thiophene rings is 8. The molecule has 12 heterocycles. The molecule has 0 bridgehead atoms. The number of amides is 4. The van der Waals surface area contributed by atoms with Gasteiger partial charge >= 0.3 is 0 Å². The summed E-state index contributed by atoms with van der Waals surface area (Å²) in [6.07, 6.45) is 19.1. The van der Waals surface area contributed by atoms with Crippen molar-refractivity contribution in [2.45, 2.75) is 184 Å². The molecule has 96 heavy (non-hydrogen) atoms. The van der Waals surface area contributed by atoms with Crippen LogP contribution in [0.2, 0.25) is 12.1 Å². The zero-order valence-electron chi connectivity index (χ0n) is 57.3. The Bertz CT molecular complexity index is 4440. The van der Waals surface area contributed by atoms with E-state index in [1.54, 1.807) is 52.4 Å². The van der Waals surface area contributed by atoms with Crippen molar-refractivity contribution in [2.75, 3.05) is 13.1 Å². The largest absolute Gasteiger partial charge is 0.274 e. The fourth-order valence-electron chi connectivity index (χ4n) is 15.8. The Hall–Kier alpha value is -5.25. The Morgan fingerprint density at radius 3 is 1.27 bits per heavy atom. The number of aryl methyl sites for hydroxylation is 7. The van der Waals surface area contributed by atoms with E-state index in [1.807, 2.05) is 82.7 Å². The van der Waals surface area contributed by atoms with Gasteiger partial charge in [0.15, 0.2) is 16.1 Å². The maximum absolute atomic E-state index is 14.1. The number of carbonyl (C=O) groups excluding carboxylic acids is 4. The third-order valence-electron chi connectivity index (χ3n) is 20.8. The highest BCUT2D eigenvalue weighted by Gasteiger charge is 2.54. The van der Waals surface area contributed by atoms with Gasteiger partial charge in [0.05, 0.1) is 32.0 Å². The predicted molar refractivity (Wildman–Crippen MR) is 423 cm³/mol. The molecule has 0 fully saturated rings. The molecule has 2 aromatic carbocycles. The number of benzene rings is 2. The summed E-state index contributed by atoms with van der Waals surface area (Å²) in [7, 11) is -4.58. The molecule has 0 radical (unpaired) electrons. The van der Waals surface area contributed by atoms with Crippen molar-refractivity contribution < 1.29 is 19.2 Å². The molecule has 0 aliphatic carbocycles. The van der Waals surface area contributed by atoms with Gasteiger partial charge in [-0.15, -0.1) is 79.4 Å². The van der Waals surface area contributed by atoms with Crippen molar-refractivity contribution in [2.24, 2.45) is 11.8 Å². The van der Waals surface area contributed by atoms with Crippen LogP contribution in [0.1, 0.15) is 201 Å². The first-order valence-corrected chi connectivity index (χ1v) is 46.4. The lowest BCUT2D eigenvalue weighted by atomic mass is 10.0. The van der Waals surface area contributed by atoms with Gasteiger partial charge in [0, 0.05) is 75.7 Å². The molecule has 500 valence electrons. The molecule has 14 rings (SSSR count). The molecule has 8 aromatic heterocycles. The van der Waals surface area contributed by atoms with E-state index < -0.39 is 16.1 Å². The quantitative estimate of drug-likeness (QED) is 0.0266. The van der Waals surface area contributed by atoms with Gasteiger partial charge in [0.2, 0.25) is 0 Å². The second-order valence-corrected chi connectivity index (χ2v) is 44.8. The molecule has 6 nitrogen and oxygen atoms in total. The molecule has 0 spiro atoms. The number of unbranched alkanes of at least 4 members (excludes halogenated alkanes) is 5. The maximum atomic E-state index is 14.1. The summed E-state index contributed by atoms with van der Waals surface area (Å²) in [4.78, 5) is 74.9. The van der Waals surface area contributed by atoms with Crippen molar-refractivity contribution >= 4 is 160 Å². The molecule has 0 saturated carbocycles. The van der Waals surface area contributed by atoms with Crippen LogP contribution in [0.4, 0.5) is 0 Å². The summed E-state index contributed by atoms with van der Waals surface area (Å²) >= 11 is 15.0. The Labute approximate surface area is 603 Å². The summed E-state index contributed by atoms with van der Waals surface area (Å²) in [6, 6.07) is 43.0. The van der Waals surface area contributed by atoms with Crippen LogP contribution in [0.15, 0.2) is 115 Å². The highest BCUT2D eigenvalue weighted by Crippen LogP contribution is 2.51. The lowest BCUT2D eigenvalue weighted by Gasteiger charge is -2.32. The van der Waals surface area contributed by atoms with E-state index in [0.717, 1.165) is 69.3 Å². The number of carbonyl (C=O) groups is 4. The lowest BCUT2D eigenvalue weighted by Crippen LogP contribution is -2.64. The highest BCUT2D eigenvalue weighted by atomic mass is 32.1. The minimum atomic E-state index is -2.32. The maximum Gasteiger partial charge on any atom is 0.263 e. The van der Waals surface area contributed by atoms with Crippen molar-refractivity contribution in [1.82, 2.24) is 9.80 Å². The van der Waals surface area contributed by atoms with E-state index in [2.05, 4.69) is 162 Å². The fourth-order valence-corrected chi connectivity index (χ4v) is 41.4. The molecule has 4 amide bonds. The number of imide groups is 2. The number of nitrogens with zero attached hydrogens (tertiary/aromatic N) is 2. The molecule has 4 aliphatic heterocycles. The first-order chi connectivity index (χ1) is 46.7. The molecule has 0 N–H and O–H groups in total. The van der Waals surface area contributed by atoms with Gasteiger partial charge in [-0.3, -0.25) is 29.0 Å². The minimum absolute atomic E-state index is 0.0989. The molecular weight excluding hydrogens is 1370 g/mol. The van der Waals surface area contributed by atoms with Crippen LogP contribution in [0.25, 0.3) is 39.0 Å². The first-order valence-electron chi connectivity index (χ1n) is 35.4. The van der Waals surface area contributed by atoms with Crippen LogP contribution in [-0.2, 0) is 19.3 Å². The number of hydrogen-bond donors (Lipinski definition) is 0. The molecule has 4 aliphatic rings. The summed E-state index contributed by atoms with van der Waals surface area (Å²) in [6.45, 7) is 21.2. The fraction of sp³-hybridized carbons (Fsp3) is 0.400. The number of rotatable bonds is 29. The van der Waals surface area contributed by atoms with Crippen LogP contribution >= 0.6 is 90.7 Å². The van der Waals surface area contributed by atoms with E-state index in [9.17, 15) is 19.2 Å². The standard InChI is InChI=1S/C42H49NO2S4Si.C38H41NO2S4Si/c1-6-9-16-29(8-3)26-50(35-22-21-31(48-35)20-10-7-2)33-24-27(4)46-39(33)40-34(50)25-32(49-40)38-37-36(28(5)47-38)41(44)43(42(37)45)23-15-14-19-30-17-12-11-13-18-30;1-5-7-14-26(6-2)23-46(31-18-13-20-42-31)29-21-24(3)43-35(29)36-30(46)22-28(45-36)34-33-32(25(4)44-34)37(40)39(38(33)41)19-12-11-17-27-15-9-8-10-16-27/h11-13,17-18,21-22,24-25,29H,6-10,14-16,19-20,23,26H2,1-5H3;8-10,13,15-16,18,20-22,26H,5-7,11-12,14,17,19,23H2,1-4H3. The molecule has 4 unspecified atom stereocenters. The van der Waals surface area contributed by atoms with Gasteiger partial charge in [-0.1, -0.05) is 171 Å². The van der Waals surface area contributed by atoms with E-state index >= 15 is 0 Å². The zero-order valence-corrected chi connectivity index (χ0v) is 65.8. The first kappa shape index (κ1) is 69.2. The normalized spacial score (nSPS) is 17.3. The van der Waals surface area contributed by atoms with Crippen LogP contribution in [0.5, 0.6) is 0 Å². The van der Waals surface area contributed by atoms with Crippen LogP contribution in [0.3, 0.4) is 0 Å². The topological polar surface area (TPSA) is 74.8 Å². The smallest absolute Gasteiger partial charge is 0.263 e. The minimum Gasteiger partial charge on any atom is -0.274 e. The Morgan fingerprint density at radius 2 is 0.833 bits per heavy atom. The van der Waals surface area contributed by atoms with Gasteiger partial charge in [0.1, 0.15) is 0 Å². The van der Waals surface area contributed by atoms with Crippen molar-refractivity contribution in [3.8, 4) is 39.0 Å². The average Bonchev–Trinajstić information content (AvgIpc) is 1.54. The molecular formula is C80H90N2O4S8Si2. The molecule has 0 saturated heterocycles. The van der Waals surface area contributed by atoms with Crippen molar-refractivity contribution in [3.63, 3.8) is 0 Å². The predicted octanol–water partition coefficient (Wildman–Crippen LogP) is 20.3. The van der Waals surface area contributed by atoms with Crippen molar-refractivity contribution in [1.29, 1.82) is 0 Å². The van der Waals surface area contributed by atoms with Gasteiger partial charge in [-0.2, -0.15) is 11.3 Å². The number of fused-ring (bicyclic) bond motifs is 8. The summed E-state index contributed by atoms with van der Waals surface area (Å²) < 4.78 is 3.17. The summed E-state index contributed by atoms with van der Waals surface area (Å²) in [5, 5.41) is 8.61. The van der Waals surface area contributed by atoms with E-state index in [-0.39, 0.29) is 23.6 Å². The van der Waals surface area contributed by atoms with Crippen molar-refractivity contribution in [3.05, 3.63) is 172 Å². The monoisotopic (exact) mass is 1450 g/mol. The lowest BCUT2D eigenvalue weighted by molar-refractivity contribution is 0.0636. The van der Waals surface area contributed by atoms with Crippen LogP contribution < -0.4 is 29.7 Å². The summed E-state index contributed by atoms with van der Waals surface area (Å²) in [5.74, 6) is 0.968. The SMILES string of the molecule is CCCCC(CC)C[Si]1(c2cccs2)c2cc(C)sc2-c2sc(-c3sc(C)c4c3C(=O)N(CCCCc3ccccc3)C4=O)cc21.CCCCc1ccc([Si]2(CC(CC)CCCC)c3cc(C)sc3-c3sc(-c4sc(C)c5c4C(=O)N(CCCCc4ccccc4)C5=O)cc32)s1. The Kier molecular flexibility index (Phi) is 21.6. The van der Waals surface area contributed by atoms with Gasteiger partial charge in [-0.25, -0.2) is 0 Å². The number of hydrogen-bond acceptors (Lipinski definition) is 12. The third-order valence-corrected chi connectivity index (χ3v) is 42.9. The summed E-state index contributed by atoms with van der Waals surface area (Å²) in [5.41, 5.74) is 5.19. The van der Waals surface area contributed by atoms with E-state index in [4.69, 9.17) is 0 Å².